The number of benzene rings is 1. The van der Waals surface area contributed by atoms with Crippen LogP contribution in [0.1, 0.15) is 37.7 Å². The van der Waals surface area contributed by atoms with Crippen LogP contribution in [0.4, 0.5) is 4.79 Å². The van der Waals surface area contributed by atoms with Gasteiger partial charge in [0.15, 0.2) is 11.5 Å². The van der Waals surface area contributed by atoms with E-state index in [4.69, 9.17) is 14.6 Å². The lowest BCUT2D eigenvalue weighted by atomic mass is 9.86. The number of amides is 2. The van der Waals surface area contributed by atoms with E-state index in [9.17, 15) is 9.59 Å². The number of carbonyl (C=O) groups is 2. The third-order valence-electron chi connectivity index (χ3n) is 4.68. The van der Waals surface area contributed by atoms with E-state index in [1.54, 1.807) is 0 Å². The number of hydrogen-bond acceptors (Lipinski definition) is 4. The van der Waals surface area contributed by atoms with Crippen LogP contribution < -0.4 is 20.1 Å². The molecule has 1 aromatic carbocycles. The summed E-state index contributed by atoms with van der Waals surface area (Å²) in [6.45, 7) is 1.67. The molecule has 3 rings (SSSR count). The summed E-state index contributed by atoms with van der Waals surface area (Å²) in [5.41, 5.74) is 0.939. The maximum Gasteiger partial charge on any atom is 0.315 e. The van der Waals surface area contributed by atoms with Crippen molar-refractivity contribution in [2.24, 2.45) is 5.92 Å². The molecule has 2 aliphatic rings. The van der Waals surface area contributed by atoms with Crippen LogP contribution in [0, 0.1) is 5.92 Å². The number of carboxylic acid groups (broad SMARTS) is 1. The molecular weight excluding hydrogens is 324 g/mol. The minimum Gasteiger partial charge on any atom is -0.490 e. The third kappa shape index (κ3) is 4.78. The molecule has 0 spiro atoms. The largest absolute Gasteiger partial charge is 0.490 e. The molecule has 0 radical (unpaired) electrons. The summed E-state index contributed by atoms with van der Waals surface area (Å²) in [6.07, 6.45) is 3.49. The molecular formula is C18H24N2O5. The van der Waals surface area contributed by atoms with Crippen LogP contribution in [-0.4, -0.2) is 36.4 Å². The molecule has 0 saturated heterocycles. The Hall–Kier alpha value is -2.44. The van der Waals surface area contributed by atoms with Crippen molar-refractivity contribution >= 4 is 12.0 Å². The molecule has 1 heterocycles. The Labute approximate surface area is 146 Å². The van der Waals surface area contributed by atoms with Crippen LogP contribution >= 0.6 is 0 Å². The second-order valence-electron chi connectivity index (χ2n) is 6.55. The molecule has 7 nitrogen and oxygen atoms in total. The van der Waals surface area contributed by atoms with Crippen LogP contribution in [-0.2, 0) is 11.3 Å². The molecule has 1 aliphatic carbocycles. The molecule has 25 heavy (non-hydrogen) atoms. The Bertz CT molecular complexity index is 626. The van der Waals surface area contributed by atoms with Crippen molar-refractivity contribution in [3.05, 3.63) is 23.8 Å². The quantitative estimate of drug-likeness (QED) is 0.776. The van der Waals surface area contributed by atoms with Crippen molar-refractivity contribution in [2.75, 3.05) is 13.2 Å². The summed E-state index contributed by atoms with van der Waals surface area (Å²) in [5, 5.41) is 14.8. The lowest BCUT2D eigenvalue weighted by Gasteiger charge is -2.26. The van der Waals surface area contributed by atoms with Gasteiger partial charge in [-0.15, -0.1) is 0 Å². The highest BCUT2D eigenvalue weighted by atomic mass is 16.5. The first-order chi connectivity index (χ1) is 12.1. The number of hydrogen-bond donors (Lipinski definition) is 3. The summed E-state index contributed by atoms with van der Waals surface area (Å²) >= 11 is 0. The van der Waals surface area contributed by atoms with Crippen LogP contribution in [0.25, 0.3) is 0 Å². The molecule has 1 aliphatic heterocycles. The fraction of sp³-hybridized carbons (Fsp3) is 0.556. The zero-order chi connectivity index (χ0) is 17.6. The van der Waals surface area contributed by atoms with Gasteiger partial charge < -0.3 is 25.2 Å². The predicted octanol–water partition coefficient (Wildman–Crippen LogP) is 2.29. The summed E-state index contributed by atoms with van der Waals surface area (Å²) < 4.78 is 11.2. The van der Waals surface area contributed by atoms with Crippen molar-refractivity contribution < 1.29 is 24.2 Å². The van der Waals surface area contributed by atoms with Gasteiger partial charge in [-0.2, -0.15) is 0 Å². The van der Waals surface area contributed by atoms with E-state index >= 15 is 0 Å². The fourth-order valence-electron chi connectivity index (χ4n) is 3.22. The summed E-state index contributed by atoms with van der Waals surface area (Å²) in [4.78, 5) is 23.0. The second kappa shape index (κ2) is 8.09. The van der Waals surface area contributed by atoms with Gasteiger partial charge in [0.25, 0.3) is 0 Å². The SMILES string of the molecule is O=C(NCc1ccc2c(c1)OCCCO2)NC1CCC(C(=O)O)CC1. The third-order valence-corrected chi connectivity index (χ3v) is 4.68. The number of carboxylic acids is 1. The maximum absolute atomic E-state index is 12.0. The van der Waals surface area contributed by atoms with Gasteiger partial charge in [0.05, 0.1) is 19.1 Å². The van der Waals surface area contributed by atoms with Gasteiger partial charge in [-0.3, -0.25) is 4.79 Å². The highest BCUT2D eigenvalue weighted by Crippen LogP contribution is 2.30. The fourth-order valence-corrected chi connectivity index (χ4v) is 3.22. The van der Waals surface area contributed by atoms with E-state index in [1.165, 1.54) is 0 Å². The average Bonchev–Trinajstić information content (AvgIpc) is 2.85. The molecule has 7 heteroatoms. The Kier molecular flexibility index (Phi) is 5.63. The topological polar surface area (TPSA) is 96.9 Å². The van der Waals surface area contributed by atoms with Gasteiger partial charge in [-0.1, -0.05) is 6.07 Å². The van der Waals surface area contributed by atoms with E-state index < -0.39 is 5.97 Å². The second-order valence-corrected chi connectivity index (χ2v) is 6.55. The molecule has 136 valence electrons. The van der Waals surface area contributed by atoms with Crippen LogP contribution in [0.5, 0.6) is 11.5 Å². The Morgan fingerprint density at radius 3 is 2.52 bits per heavy atom. The number of nitrogens with one attached hydrogen (secondary N) is 2. The molecule has 3 N–H and O–H groups in total. The first kappa shape index (κ1) is 17.4. The van der Waals surface area contributed by atoms with Crippen LogP contribution in [0.3, 0.4) is 0 Å². The molecule has 0 atom stereocenters. The van der Waals surface area contributed by atoms with E-state index in [-0.39, 0.29) is 18.0 Å². The molecule has 1 saturated carbocycles. The molecule has 0 aromatic heterocycles. The Morgan fingerprint density at radius 1 is 1.08 bits per heavy atom. The van der Waals surface area contributed by atoms with Gasteiger partial charge in [0, 0.05) is 19.0 Å². The van der Waals surface area contributed by atoms with Crippen molar-refractivity contribution in [3.8, 4) is 11.5 Å². The van der Waals surface area contributed by atoms with Crippen LogP contribution in [0.15, 0.2) is 18.2 Å². The number of carbonyl (C=O) groups excluding carboxylic acids is 1. The first-order valence-electron chi connectivity index (χ1n) is 8.77. The van der Waals surface area contributed by atoms with Crippen LogP contribution in [0.2, 0.25) is 0 Å². The molecule has 0 unspecified atom stereocenters. The van der Waals surface area contributed by atoms with E-state index in [0.717, 1.165) is 17.7 Å². The van der Waals surface area contributed by atoms with Crippen molar-refractivity contribution in [1.29, 1.82) is 0 Å². The number of ether oxygens (including phenoxy) is 2. The van der Waals surface area contributed by atoms with E-state index in [1.807, 2.05) is 18.2 Å². The van der Waals surface area contributed by atoms with E-state index in [0.29, 0.717) is 51.2 Å². The smallest absolute Gasteiger partial charge is 0.315 e. The van der Waals surface area contributed by atoms with Crippen molar-refractivity contribution in [3.63, 3.8) is 0 Å². The normalized spacial score (nSPS) is 22.6. The maximum atomic E-state index is 12.0. The minimum absolute atomic E-state index is 0.0411. The molecule has 1 fully saturated rings. The zero-order valence-electron chi connectivity index (χ0n) is 14.1. The summed E-state index contributed by atoms with van der Waals surface area (Å²) in [6, 6.07) is 5.47. The Balaban J connectivity index is 1.45. The molecule has 2 amide bonds. The lowest BCUT2D eigenvalue weighted by Crippen LogP contribution is -2.43. The van der Waals surface area contributed by atoms with Gasteiger partial charge in [-0.25, -0.2) is 4.79 Å². The molecule has 1 aromatic rings. The van der Waals surface area contributed by atoms with Gasteiger partial charge >= 0.3 is 12.0 Å². The predicted molar refractivity (Wildman–Crippen MR) is 90.8 cm³/mol. The lowest BCUT2D eigenvalue weighted by molar-refractivity contribution is -0.142. The highest BCUT2D eigenvalue weighted by molar-refractivity contribution is 5.74. The Morgan fingerprint density at radius 2 is 1.80 bits per heavy atom. The number of rotatable bonds is 4. The summed E-state index contributed by atoms with van der Waals surface area (Å²) in [7, 11) is 0. The van der Waals surface area contributed by atoms with Crippen molar-refractivity contribution in [2.45, 2.75) is 44.7 Å². The van der Waals surface area contributed by atoms with Crippen molar-refractivity contribution in [1.82, 2.24) is 10.6 Å². The van der Waals surface area contributed by atoms with Gasteiger partial charge in [0.1, 0.15) is 0 Å². The standard InChI is InChI=1S/C18H24N2O5/c21-17(22)13-3-5-14(6-4-13)20-18(23)19-11-12-2-7-15-16(10-12)25-9-1-8-24-15/h2,7,10,13-14H,1,3-6,8-9,11H2,(H,21,22)(H2,19,20,23). The number of aliphatic carboxylic acids is 1. The monoisotopic (exact) mass is 348 g/mol. The number of urea groups is 1. The minimum atomic E-state index is -0.739. The average molecular weight is 348 g/mol. The zero-order valence-corrected chi connectivity index (χ0v) is 14.1. The highest BCUT2D eigenvalue weighted by Gasteiger charge is 2.26. The van der Waals surface area contributed by atoms with Gasteiger partial charge in [-0.05, 0) is 43.4 Å². The van der Waals surface area contributed by atoms with Gasteiger partial charge in [0.2, 0.25) is 0 Å². The molecule has 0 bridgehead atoms. The number of fused-ring (bicyclic) bond motifs is 1. The van der Waals surface area contributed by atoms with E-state index in [2.05, 4.69) is 10.6 Å². The summed E-state index contributed by atoms with van der Waals surface area (Å²) in [5.74, 6) is 0.435. The first-order valence-corrected chi connectivity index (χ1v) is 8.77.